The highest BCUT2D eigenvalue weighted by Gasteiger charge is 2.20. The Labute approximate surface area is 90.8 Å². The van der Waals surface area contributed by atoms with Crippen LogP contribution in [0.2, 0.25) is 0 Å². The Morgan fingerprint density at radius 1 is 1.33 bits per heavy atom. The van der Waals surface area contributed by atoms with Gasteiger partial charge in [0.15, 0.2) is 0 Å². The van der Waals surface area contributed by atoms with E-state index in [-0.39, 0.29) is 12.5 Å². The zero-order valence-corrected chi connectivity index (χ0v) is 9.53. The van der Waals surface area contributed by atoms with Gasteiger partial charge in [-0.2, -0.15) is 0 Å². The second kappa shape index (κ2) is 7.23. The van der Waals surface area contributed by atoms with Crippen molar-refractivity contribution in [3.05, 3.63) is 0 Å². The van der Waals surface area contributed by atoms with Gasteiger partial charge in [-0.1, -0.05) is 20.3 Å². The molecule has 0 aliphatic heterocycles. The Balaban J connectivity index is 4.32. The van der Waals surface area contributed by atoms with Crippen LogP contribution in [-0.4, -0.2) is 35.8 Å². The number of primary amides is 1. The quantitative estimate of drug-likeness (QED) is 0.618. The number of carbonyl (C=O) groups excluding carboxylic acids is 2. The Morgan fingerprint density at radius 2 is 1.93 bits per heavy atom. The van der Waals surface area contributed by atoms with Crippen LogP contribution in [-0.2, 0) is 9.59 Å². The van der Waals surface area contributed by atoms with Gasteiger partial charge >= 0.3 is 0 Å². The minimum absolute atomic E-state index is 0.0352. The lowest BCUT2D eigenvalue weighted by atomic mass is 10.2. The van der Waals surface area contributed by atoms with E-state index in [1.54, 1.807) is 0 Å². The van der Waals surface area contributed by atoms with Crippen molar-refractivity contribution in [2.75, 3.05) is 13.1 Å². The number of carbonyl (C=O) groups is 2. The van der Waals surface area contributed by atoms with Crippen molar-refractivity contribution >= 4 is 11.8 Å². The van der Waals surface area contributed by atoms with Gasteiger partial charge in [0.2, 0.25) is 11.8 Å². The number of amides is 2. The number of nitrogens with zero attached hydrogens (tertiary/aromatic N) is 1. The van der Waals surface area contributed by atoms with Gasteiger partial charge in [0, 0.05) is 6.54 Å². The van der Waals surface area contributed by atoms with Crippen LogP contribution in [0.4, 0.5) is 0 Å². The molecule has 0 saturated carbocycles. The zero-order chi connectivity index (χ0) is 11.8. The number of rotatable bonds is 7. The van der Waals surface area contributed by atoms with Crippen LogP contribution in [0, 0.1) is 0 Å². The van der Waals surface area contributed by atoms with Crippen molar-refractivity contribution in [3.8, 4) is 0 Å². The molecule has 0 spiro atoms. The molecule has 0 radical (unpaired) electrons. The van der Waals surface area contributed by atoms with Crippen molar-refractivity contribution in [2.45, 2.75) is 39.2 Å². The lowest BCUT2D eigenvalue weighted by Gasteiger charge is -2.23. The maximum Gasteiger partial charge on any atom is 0.239 e. The molecule has 2 amide bonds. The SMILES string of the molecule is CCCCN(CC(N)=O)C(=O)[C@@H](N)CC. The van der Waals surface area contributed by atoms with Crippen molar-refractivity contribution in [1.29, 1.82) is 0 Å². The predicted molar refractivity (Wildman–Crippen MR) is 58.9 cm³/mol. The average Bonchev–Trinajstić information content (AvgIpc) is 2.21. The van der Waals surface area contributed by atoms with Crippen LogP contribution in [0.1, 0.15) is 33.1 Å². The summed E-state index contributed by atoms with van der Waals surface area (Å²) in [5.74, 6) is -0.687. The van der Waals surface area contributed by atoms with E-state index in [2.05, 4.69) is 0 Å². The topological polar surface area (TPSA) is 89.4 Å². The smallest absolute Gasteiger partial charge is 0.239 e. The molecule has 0 aromatic rings. The molecule has 0 unspecified atom stereocenters. The molecule has 88 valence electrons. The molecule has 0 fully saturated rings. The summed E-state index contributed by atoms with van der Waals surface area (Å²) in [6.07, 6.45) is 2.39. The predicted octanol–water partition coefficient (Wildman–Crippen LogP) is -0.162. The number of hydrogen-bond acceptors (Lipinski definition) is 3. The van der Waals surface area contributed by atoms with Crippen LogP contribution in [0.3, 0.4) is 0 Å². The molecule has 0 rings (SSSR count). The van der Waals surface area contributed by atoms with E-state index in [1.165, 1.54) is 4.90 Å². The fraction of sp³-hybridized carbons (Fsp3) is 0.800. The van der Waals surface area contributed by atoms with Gasteiger partial charge in [0.25, 0.3) is 0 Å². The number of unbranched alkanes of at least 4 members (excludes halogenated alkanes) is 1. The average molecular weight is 215 g/mol. The Bertz CT molecular complexity index is 219. The molecule has 15 heavy (non-hydrogen) atoms. The zero-order valence-electron chi connectivity index (χ0n) is 9.53. The molecular formula is C10H21N3O2. The molecule has 0 saturated heterocycles. The molecule has 0 aromatic heterocycles. The van der Waals surface area contributed by atoms with E-state index in [4.69, 9.17) is 11.5 Å². The van der Waals surface area contributed by atoms with Crippen LogP contribution in [0.15, 0.2) is 0 Å². The molecule has 0 aromatic carbocycles. The maximum absolute atomic E-state index is 11.7. The van der Waals surface area contributed by atoms with Crippen molar-refractivity contribution in [3.63, 3.8) is 0 Å². The van der Waals surface area contributed by atoms with Gasteiger partial charge in [-0.05, 0) is 12.8 Å². The van der Waals surface area contributed by atoms with Gasteiger partial charge in [-0.25, -0.2) is 0 Å². The number of hydrogen-bond donors (Lipinski definition) is 2. The van der Waals surface area contributed by atoms with E-state index in [0.29, 0.717) is 13.0 Å². The first-order chi connectivity index (χ1) is 7.02. The Morgan fingerprint density at radius 3 is 2.33 bits per heavy atom. The first-order valence-electron chi connectivity index (χ1n) is 5.35. The third-order valence-corrected chi connectivity index (χ3v) is 2.20. The van der Waals surface area contributed by atoms with Crippen LogP contribution in [0.25, 0.3) is 0 Å². The maximum atomic E-state index is 11.7. The first-order valence-corrected chi connectivity index (χ1v) is 5.35. The van der Waals surface area contributed by atoms with Gasteiger partial charge in [0.1, 0.15) is 0 Å². The second-order valence-electron chi connectivity index (χ2n) is 3.59. The minimum Gasteiger partial charge on any atom is -0.368 e. The first kappa shape index (κ1) is 13.9. The highest BCUT2D eigenvalue weighted by molar-refractivity contribution is 5.86. The van der Waals surface area contributed by atoms with Crippen LogP contribution < -0.4 is 11.5 Å². The molecule has 0 bridgehead atoms. The van der Waals surface area contributed by atoms with Gasteiger partial charge in [-0.3, -0.25) is 9.59 Å². The molecule has 4 N–H and O–H groups in total. The molecular weight excluding hydrogens is 194 g/mol. The normalized spacial score (nSPS) is 12.2. The lowest BCUT2D eigenvalue weighted by Crippen LogP contribution is -2.47. The number of nitrogens with two attached hydrogens (primary N) is 2. The highest BCUT2D eigenvalue weighted by Crippen LogP contribution is 2.00. The molecule has 5 heteroatoms. The summed E-state index contributed by atoms with van der Waals surface area (Å²) in [5.41, 5.74) is 10.7. The van der Waals surface area contributed by atoms with Gasteiger partial charge in [-0.15, -0.1) is 0 Å². The highest BCUT2D eigenvalue weighted by atomic mass is 16.2. The summed E-state index contributed by atoms with van der Waals surface area (Å²) < 4.78 is 0. The molecule has 5 nitrogen and oxygen atoms in total. The lowest BCUT2D eigenvalue weighted by molar-refractivity contribution is -0.136. The summed E-state index contributed by atoms with van der Waals surface area (Å²) in [7, 11) is 0. The van der Waals surface area contributed by atoms with E-state index in [1.807, 2.05) is 13.8 Å². The van der Waals surface area contributed by atoms with E-state index in [0.717, 1.165) is 12.8 Å². The third kappa shape index (κ3) is 5.37. The summed E-state index contributed by atoms with van der Waals surface area (Å²) in [4.78, 5) is 23.9. The van der Waals surface area contributed by atoms with Crippen molar-refractivity contribution in [2.24, 2.45) is 11.5 Å². The van der Waals surface area contributed by atoms with Gasteiger partial charge in [0.05, 0.1) is 12.6 Å². The summed E-state index contributed by atoms with van der Waals surface area (Å²) in [6.45, 7) is 4.37. The fourth-order valence-electron chi connectivity index (χ4n) is 1.21. The van der Waals surface area contributed by atoms with Crippen LogP contribution in [0.5, 0.6) is 0 Å². The van der Waals surface area contributed by atoms with E-state index in [9.17, 15) is 9.59 Å². The van der Waals surface area contributed by atoms with Gasteiger partial charge < -0.3 is 16.4 Å². The summed E-state index contributed by atoms with van der Waals surface area (Å²) >= 11 is 0. The monoisotopic (exact) mass is 215 g/mol. The minimum atomic E-state index is -0.527. The van der Waals surface area contributed by atoms with Crippen LogP contribution >= 0.6 is 0 Å². The largest absolute Gasteiger partial charge is 0.368 e. The van der Waals surface area contributed by atoms with Crippen molar-refractivity contribution in [1.82, 2.24) is 4.90 Å². The fourth-order valence-corrected chi connectivity index (χ4v) is 1.21. The molecule has 0 aliphatic carbocycles. The molecule has 1 atom stereocenters. The second-order valence-corrected chi connectivity index (χ2v) is 3.59. The summed E-state index contributed by atoms with van der Waals surface area (Å²) in [6, 6.07) is -0.527. The van der Waals surface area contributed by atoms with E-state index >= 15 is 0 Å². The summed E-state index contributed by atoms with van der Waals surface area (Å²) in [5, 5.41) is 0. The third-order valence-electron chi connectivity index (χ3n) is 2.20. The molecule has 0 heterocycles. The molecule has 0 aliphatic rings. The Kier molecular flexibility index (Phi) is 6.70. The Hall–Kier alpha value is -1.10. The van der Waals surface area contributed by atoms with Crippen molar-refractivity contribution < 1.29 is 9.59 Å². The van der Waals surface area contributed by atoms with E-state index < -0.39 is 11.9 Å². The standard InChI is InChI=1S/C10H21N3O2/c1-3-5-6-13(7-9(12)14)10(15)8(11)4-2/h8H,3-7,11H2,1-2H3,(H2,12,14)/t8-/m0/s1.